The number of nitro groups is 1. The third-order valence-electron chi connectivity index (χ3n) is 5.18. The molecule has 1 N–H and O–H groups in total. The van der Waals surface area contributed by atoms with Gasteiger partial charge in [-0.2, -0.15) is 0 Å². The molecule has 0 spiro atoms. The molecule has 1 fully saturated rings. The summed E-state index contributed by atoms with van der Waals surface area (Å²) < 4.78 is 5.88. The van der Waals surface area contributed by atoms with Crippen LogP contribution in [0, 0.1) is 23.0 Å². The maximum atomic E-state index is 12.3. The van der Waals surface area contributed by atoms with E-state index in [9.17, 15) is 14.9 Å². The first-order valence-corrected chi connectivity index (χ1v) is 9.96. The van der Waals surface area contributed by atoms with E-state index in [0.717, 1.165) is 31.7 Å². The first-order chi connectivity index (χ1) is 14.0. The summed E-state index contributed by atoms with van der Waals surface area (Å²) in [4.78, 5) is 25.0. The van der Waals surface area contributed by atoms with Gasteiger partial charge in [0.15, 0.2) is 0 Å². The lowest BCUT2D eigenvalue weighted by Crippen LogP contribution is -2.39. The topological polar surface area (TPSA) is 84.7 Å². The van der Waals surface area contributed by atoms with Gasteiger partial charge in [-0.3, -0.25) is 14.9 Å². The number of amides is 1. The molecule has 1 amide bonds. The van der Waals surface area contributed by atoms with Crippen molar-refractivity contribution < 1.29 is 14.5 Å². The highest BCUT2D eigenvalue weighted by atomic mass is 16.6. The van der Waals surface area contributed by atoms with Crippen molar-refractivity contribution in [3.05, 3.63) is 64.2 Å². The van der Waals surface area contributed by atoms with E-state index in [2.05, 4.69) is 10.2 Å². The molecular formula is C22H27N3O4. The number of likely N-dealkylation sites (tertiary alicyclic amines) is 1. The summed E-state index contributed by atoms with van der Waals surface area (Å²) in [6.45, 7) is 5.06. The van der Waals surface area contributed by atoms with E-state index in [0.29, 0.717) is 36.7 Å². The number of para-hydroxylation sites is 1. The number of benzene rings is 2. The molecule has 0 saturated carbocycles. The van der Waals surface area contributed by atoms with Gasteiger partial charge in [0, 0.05) is 43.2 Å². The second kappa shape index (κ2) is 10.0. The standard InChI is InChI=1S/C22H27N3O4/c1-17-14-19(25(27)28)9-10-21(17)23-22(26)11-13-24-12-5-6-18(15-24)16-29-20-7-3-2-4-8-20/h2-4,7-10,14,18H,5-6,11-13,15-16H2,1H3,(H,23,26). The van der Waals surface area contributed by atoms with Crippen molar-refractivity contribution in [2.45, 2.75) is 26.2 Å². The van der Waals surface area contributed by atoms with Gasteiger partial charge in [-0.1, -0.05) is 18.2 Å². The molecule has 3 rings (SSSR count). The molecule has 0 bridgehead atoms. The number of nitrogens with zero attached hydrogens (tertiary/aromatic N) is 2. The van der Waals surface area contributed by atoms with Crippen molar-refractivity contribution in [3.63, 3.8) is 0 Å². The van der Waals surface area contributed by atoms with Gasteiger partial charge in [0.05, 0.1) is 11.5 Å². The monoisotopic (exact) mass is 397 g/mol. The molecular weight excluding hydrogens is 370 g/mol. The molecule has 7 heteroatoms. The molecule has 0 aromatic heterocycles. The van der Waals surface area contributed by atoms with Crippen LogP contribution in [0.4, 0.5) is 11.4 Å². The molecule has 0 aliphatic carbocycles. The van der Waals surface area contributed by atoms with Gasteiger partial charge in [-0.15, -0.1) is 0 Å². The van der Waals surface area contributed by atoms with Crippen molar-refractivity contribution in [2.24, 2.45) is 5.92 Å². The van der Waals surface area contributed by atoms with Gasteiger partial charge in [0.2, 0.25) is 5.91 Å². The van der Waals surface area contributed by atoms with Crippen LogP contribution < -0.4 is 10.1 Å². The zero-order chi connectivity index (χ0) is 20.6. The normalized spacial score (nSPS) is 16.9. The summed E-state index contributed by atoms with van der Waals surface area (Å²) in [5.41, 5.74) is 1.33. The Hall–Kier alpha value is -2.93. The van der Waals surface area contributed by atoms with Crippen molar-refractivity contribution in [2.75, 3.05) is 31.6 Å². The molecule has 1 heterocycles. The highest BCUT2D eigenvalue weighted by molar-refractivity contribution is 5.91. The first-order valence-electron chi connectivity index (χ1n) is 9.96. The van der Waals surface area contributed by atoms with E-state index in [1.54, 1.807) is 13.0 Å². The van der Waals surface area contributed by atoms with Crippen molar-refractivity contribution >= 4 is 17.3 Å². The van der Waals surface area contributed by atoms with Crippen LogP contribution in [0.3, 0.4) is 0 Å². The van der Waals surface area contributed by atoms with Crippen LogP contribution in [0.2, 0.25) is 0 Å². The smallest absolute Gasteiger partial charge is 0.269 e. The van der Waals surface area contributed by atoms with Crippen molar-refractivity contribution in [1.29, 1.82) is 0 Å². The summed E-state index contributed by atoms with van der Waals surface area (Å²) >= 11 is 0. The molecule has 0 radical (unpaired) electrons. The minimum atomic E-state index is -0.438. The van der Waals surface area contributed by atoms with Crippen molar-refractivity contribution in [3.8, 4) is 5.75 Å². The minimum Gasteiger partial charge on any atom is -0.493 e. The Morgan fingerprint density at radius 1 is 1.28 bits per heavy atom. The summed E-state index contributed by atoms with van der Waals surface area (Å²) in [5.74, 6) is 1.27. The van der Waals surface area contributed by atoms with Gasteiger partial charge < -0.3 is 15.0 Å². The Morgan fingerprint density at radius 3 is 2.79 bits per heavy atom. The highest BCUT2D eigenvalue weighted by Gasteiger charge is 2.21. The van der Waals surface area contributed by atoms with Crippen LogP contribution in [0.5, 0.6) is 5.75 Å². The summed E-state index contributed by atoms with van der Waals surface area (Å²) in [5, 5.41) is 13.7. The number of nitrogens with one attached hydrogen (secondary N) is 1. The lowest BCUT2D eigenvalue weighted by molar-refractivity contribution is -0.384. The minimum absolute atomic E-state index is 0.0255. The third kappa shape index (κ3) is 6.29. The Morgan fingerprint density at radius 2 is 2.07 bits per heavy atom. The number of aryl methyl sites for hydroxylation is 1. The number of carbonyl (C=O) groups is 1. The average molecular weight is 397 g/mol. The van der Waals surface area contributed by atoms with E-state index in [-0.39, 0.29) is 11.6 Å². The Bertz CT molecular complexity index is 841. The van der Waals surface area contributed by atoms with Gasteiger partial charge in [0.1, 0.15) is 5.75 Å². The maximum absolute atomic E-state index is 12.3. The number of rotatable bonds is 8. The number of nitro benzene ring substituents is 1. The number of ether oxygens (including phenoxy) is 1. The molecule has 2 aromatic carbocycles. The summed E-state index contributed by atoms with van der Waals surface area (Å²) in [6, 6.07) is 14.3. The van der Waals surface area contributed by atoms with Crippen molar-refractivity contribution in [1.82, 2.24) is 4.90 Å². The second-order valence-corrected chi connectivity index (χ2v) is 7.49. The largest absolute Gasteiger partial charge is 0.493 e. The molecule has 154 valence electrons. The predicted molar refractivity (Wildman–Crippen MR) is 112 cm³/mol. The van der Waals surface area contributed by atoms with Gasteiger partial charge in [-0.05, 0) is 50.1 Å². The van der Waals surface area contributed by atoms with Crippen LogP contribution in [0.25, 0.3) is 0 Å². The molecule has 7 nitrogen and oxygen atoms in total. The average Bonchev–Trinajstić information content (AvgIpc) is 2.73. The Labute approximate surface area is 170 Å². The van der Waals surface area contributed by atoms with E-state index in [4.69, 9.17) is 4.74 Å². The van der Waals surface area contributed by atoms with Gasteiger partial charge in [-0.25, -0.2) is 0 Å². The number of non-ortho nitro benzene ring substituents is 1. The zero-order valence-corrected chi connectivity index (χ0v) is 16.7. The van der Waals surface area contributed by atoms with Crippen LogP contribution >= 0.6 is 0 Å². The number of carbonyl (C=O) groups excluding carboxylic acids is 1. The molecule has 1 aliphatic heterocycles. The first kappa shape index (κ1) is 20.8. The lowest BCUT2D eigenvalue weighted by atomic mass is 9.99. The van der Waals surface area contributed by atoms with E-state index >= 15 is 0 Å². The fraction of sp³-hybridized carbons (Fsp3) is 0.409. The van der Waals surface area contributed by atoms with Crippen LogP contribution in [-0.4, -0.2) is 42.0 Å². The number of anilines is 1. The van der Waals surface area contributed by atoms with Crippen LogP contribution in [-0.2, 0) is 4.79 Å². The molecule has 1 saturated heterocycles. The molecule has 2 aromatic rings. The molecule has 1 aliphatic rings. The molecule has 1 unspecified atom stereocenters. The quantitative estimate of drug-likeness (QED) is 0.537. The molecule has 29 heavy (non-hydrogen) atoms. The van der Waals surface area contributed by atoms with Crippen LogP contribution in [0.15, 0.2) is 48.5 Å². The lowest BCUT2D eigenvalue weighted by Gasteiger charge is -2.32. The SMILES string of the molecule is Cc1cc([N+](=O)[O-])ccc1NC(=O)CCN1CCCC(COc2ccccc2)C1. The van der Waals surface area contributed by atoms with Gasteiger partial charge in [0.25, 0.3) is 5.69 Å². The van der Waals surface area contributed by atoms with E-state index in [1.165, 1.54) is 12.1 Å². The fourth-order valence-electron chi connectivity index (χ4n) is 3.60. The summed E-state index contributed by atoms with van der Waals surface area (Å²) in [6.07, 6.45) is 2.63. The Balaban J connectivity index is 1.43. The van der Waals surface area contributed by atoms with Gasteiger partial charge >= 0.3 is 0 Å². The predicted octanol–water partition coefficient (Wildman–Crippen LogP) is 4.02. The molecule has 1 atom stereocenters. The van der Waals surface area contributed by atoms with E-state index in [1.807, 2.05) is 30.3 Å². The number of hydrogen-bond donors (Lipinski definition) is 1. The van der Waals surface area contributed by atoms with Crippen LogP contribution in [0.1, 0.15) is 24.8 Å². The Kier molecular flexibility index (Phi) is 7.19. The van der Waals surface area contributed by atoms with E-state index < -0.39 is 4.92 Å². The fourth-order valence-corrected chi connectivity index (χ4v) is 3.60. The number of piperidine rings is 1. The third-order valence-corrected chi connectivity index (χ3v) is 5.18. The number of hydrogen-bond acceptors (Lipinski definition) is 5. The summed E-state index contributed by atoms with van der Waals surface area (Å²) in [7, 11) is 0. The highest BCUT2D eigenvalue weighted by Crippen LogP contribution is 2.22. The zero-order valence-electron chi connectivity index (χ0n) is 16.7. The second-order valence-electron chi connectivity index (χ2n) is 7.49. The maximum Gasteiger partial charge on any atom is 0.269 e.